The largest absolute Gasteiger partial charge is 0.357 e. The van der Waals surface area contributed by atoms with E-state index >= 15 is 0 Å². The highest BCUT2D eigenvalue weighted by Gasteiger charge is 2.30. The lowest BCUT2D eigenvalue weighted by Gasteiger charge is -2.24. The molecule has 1 aromatic carbocycles. The normalized spacial score (nSPS) is 21.4. The van der Waals surface area contributed by atoms with E-state index in [1.807, 2.05) is 6.92 Å². The molecule has 1 heterocycles. The number of likely N-dealkylation sites (tertiary alicyclic amines) is 1. The minimum Gasteiger partial charge on any atom is -0.357 e. The number of anilines is 1. The Labute approximate surface area is 160 Å². The van der Waals surface area contributed by atoms with Gasteiger partial charge in [0.1, 0.15) is 12.4 Å². The molecule has 0 aromatic heterocycles. The first-order valence-corrected chi connectivity index (χ1v) is 9.98. The molecular weight excluding hydrogens is 345 g/mol. The Morgan fingerprint density at radius 1 is 1.30 bits per heavy atom. The summed E-state index contributed by atoms with van der Waals surface area (Å²) in [5.41, 5.74) is 0.441. The van der Waals surface area contributed by atoms with Crippen LogP contribution in [0.15, 0.2) is 29.3 Å². The molecule has 1 aliphatic heterocycles. The van der Waals surface area contributed by atoms with E-state index in [1.54, 1.807) is 12.1 Å². The van der Waals surface area contributed by atoms with Gasteiger partial charge in [-0.2, -0.15) is 0 Å². The monoisotopic (exact) mass is 375 g/mol. The predicted octanol–water partition coefficient (Wildman–Crippen LogP) is 2.34. The zero-order valence-corrected chi connectivity index (χ0v) is 16.0. The van der Waals surface area contributed by atoms with Crippen molar-refractivity contribution in [1.82, 2.24) is 15.5 Å². The van der Waals surface area contributed by atoms with Gasteiger partial charge in [-0.25, -0.2) is 9.38 Å². The maximum absolute atomic E-state index is 13.2. The highest BCUT2D eigenvalue weighted by atomic mass is 19.1. The summed E-state index contributed by atoms with van der Waals surface area (Å²) in [5, 5.41) is 9.33. The number of carbonyl (C=O) groups excluding carboxylic acids is 1. The van der Waals surface area contributed by atoms with E-state index in [0.717, 1.165) is 32.1 Å². The van der Waals surface area contributed by atoms with Gasteiger partial charge in [0.05, 0.1) is 0 Å². The third-order valence-electron chi connectivity index (χ3n) is 5.23. The smallest absolute Gasteiger partial charge is 0.246 e. The van der Waals surface area contributed by atoms with E-state index < -0.39 is 0 Å². The molecule has 2 aliphatic rings. The second kappa shape index (κ2) is 9.69. The number of nitrogens with zero attached hydrogens (tertiary/aromatic N) is 2. The maximum Gasteiger partial charge on any atom is 0.246 e. The maximum atomic E-state index is 13.2. The van der Waals surface area contributed by atoms with Crippen LogP contribution in [0, 0.1) is 5.82 Å². The molecule has 7 heteroatoms. The lowest BCUT2D eigenvalue weighted by molar-refractivity contribution is -0.114. The van der Waals surface area contributed by atoms with Gasteiger partial charge in [0.25, 0.3) is 0 Å². The number of aliphatic imine (C=N–C) groups is 1. The van der Waals surface area contributed by atoms with Crippen molar-refractivity contribution in [2.75, 3.05) is 31.5 Å². The van der Waals surface area contributed by atoms with Crippen LogP contribution >= 0.6 is 0 Å². The van der Waals surface area contributed by atoms with Crippen molar-refractivity contribution in [2.24, 2.45) is 4.99 Å². The number of hydrogen-bond donors (Lipinski definition) is 3. The summed E-state index contributed by atoms with van der Waals surface area (Å²) < 4.78 is 13.2. The van der Waals surface area contributed by atoms with Gasteiger partial charge >= 0.3 is 0 Å². The molecular formula is C20H30FN5O. The minimum absolute atomic E-state index is 0.00902. The highest BCUT2D eigenvalue weighted by molar-refractivity contribution is 5.94. The first-order valence-electron chi connectivity index (χ1n) is 9.98. The van der Waals surface area contributed by atoms with Crippen LogP contribution in [0.1, 0.15) is 39.0 Å². The number of halogens is 1. The molecule has 1 amide bonds. The van der Waals surface area contributed by atoms with E-state index in [-0.39, 0.29) is 18.3 Å². The van der Waals surface area contributed by atoms with E-state index in [2.05, 4.69) is 25.8 Å². The third-order valence-corrected chi connectivity index (χ3v) is 5.23. The standard InChI is InChI=1S/C20H30FN5O/c1-2-22-20(23-13-19(27)24-16-7-5-6-15(21)12-16)25-17-10-11-26(14-17)18-8-3-4-9-18/h5-7,12,17-18H,2-4,8-11,13-14H2,1H3,(H,24,27)(H2,22,23,25). The van der Waals surface area contributed by atoms with E-state index in [1.165, 1.54) is 37.8 Å². The molecule has 27 heavy (non-hydrogen) atoms. The lowest BCUT2D eigenvalue weighted by Crippen LogP contribution is -2.45. The molecule has 0 bridgehead atoms. The van der Waals surface area contributed by atoms with Gasteiger partial charge in [0.2, 0.25) is 5.91 Å². The van der Waals surface area contributed by atoms with Crippen LogP contribution in [0.4, 0.5) is 10.1 Å². The first kappa shape index (κ1) is 19.6. The van der Waals surface area contributed by atoms with Crippen molar-refractivity contribution in [2.45, 2.75) is 51.1 Å². The molecule has 1 aromatic rings. The quantitative estimate of drug-likeness (QED) is 0.527. The summed E-state index contributed by atoms with van der Waals surface area (Å²) in [6.45, 7) is 4.89. The fourth-order valence-electron chi connectivity index (χ4n) is 3.94. The van der Waals surface area contributed by atoms with E-state index in [4.69, 9.17) is 0 Å². The fraction of sp³-hybridized carbons (Fsp3) is 0.600. The lowest BCUT2D eigenvalue weighted by atomic mass is 10.2. The Morgan fingerprint density at radius 3 is 2.85 bits per heavy atom. The average molecular weight is 375 g/mol. The number of nitrogens with one attached hydrogen (secondary N) is 3. The summed E-state index contributed by atoms with van der Waals surface area (Å²) in [4.78, 5) is 19.1. The van der Waals surface area contributed by atoms with Crippen LogP contribution < -0.4 is 16.0 Å². The Morgan fingerprint density at radius 2 is 2.11 bits per heavy atom. The molecule has 1 saturated heterocycles. The molecule has 1 unspecified atom stereocenters. The Kier molecular flexibility index (Phi) is 7.04. The van der Waals surface area contributed by atoms with Gasteiger partial charge in [0, 0.05) is 37.4 Å². The summed E-state index contributed by atoms with van der Waals surface area (Å²) in [5.74, 6) is 0.0151. The van der Waals surface area contributed by atoms with Gasteiger partial charge in [0.15, 0.2) is 5.96 Å². The van der Waals surface area contributed by atoms with Gasteiger partial charge in [-0.05, 0) is 44.4 Å². The summed E-state index contributed by atoms with van der Waals surface area (Å²) in [6.07, 6.45) is 6.44. The SMILES string of the molecule is CCNC(=NCC(=O)Nc1cccc(F)c1)NC1CCN(C2CCCC2)C1. The molecule has 148 valence electrons. The number of amides is 1. The molecule has 3 N–H and O–H groups in total. The highest BCUT2D eigenvalue weighted by Crippen LogP contribution is 2.26. The van der Waals surface area contributed by atoms with Crippen molar-refractivity contribution >= 4 is 17.6 Å². The van der Waals surface area contributed by atoms with Crippen molar-refractivity contribution < 1.29 is 9.18 Å². The first-order chi connectivity index (χ1) is 13.1. The number of rotatable bonds is 6. The zero-order chi connectivity index (χ0) is 19.1. The van der Waals surface area contributed by atoms with Crippen LogP contribution in [0.3, 0.4) is 0 Å². The number of benzene rings is 1. The van der Waals surface area contributed by atoms with Crippen molar-refractivity contribution in [3.8, 4) is 0 Å². The van der Waals surface area contributed by atoms with Crippen LogP contribution in [-0.4, -0.2) is 55.0 Å². The number of hydrogen-bond acceptors (Lipinski definition) is 3. The van der Waals surface area contributed by atoms with Crippen LogP contribution in [-0.2, 0) is 4.79 Å². The molecule has 3 rings (SSSR count). The van der Waals surface area contributed by atoms with Crippen LogP contribution in [0.25, 0.3) is 0 Å². The molecule has 2 fully saturated rings. The van der Waals surface area contributed by atoms with E-state index in [9.17, 15) is 9.18 Å². The molecule has 0 spiro atoms. The molecule has 1 atom stereocenters. The van der Waals surface area contributed by atoms with Gasteiger partial charge in [-0.1, -0.05) is 18.9 Å². The van der Waals surface area contributed by atoms with Gasteiger partial charge < -0.3 is 16.0 Å². The molecule has 1 saturated carbocycles. The summed E-state index contributed by atoms with van der Waals surface area (Å²) in [6, 6.07) is 6.96. The average Bonchev–Trinajstić information content (AvgIpc) is 3.31. The fourth-order valence-corrected chi connectivity index (χ4v) is 3.94. The van der Waals surface area contributed by atoms with Crippen molar-refractivity contribution in [1.29, 1.82) is 0 Å². The van der Waals surface area contributed by atoms with Crippen LogP contribution in [0.5, 0.6) is 0 Å². The second-order valence-corrected chi connectivity index (χ2v) is 7.32. The second-order valence-electron chi connectivity index (χ2n) is 7.32. The predicted molar refractivity (Wildman–Crippen MR) is 106 cm³/mol. The van der Waals surface area contributed by atoms with Crippen molar-refractivity contribution in [3.63, 3.8) is 0 Å². The summed E-state index contributed by atoms with van der Waals surface area (Å²) in [7, 11) is 0. The Balaban J connectivity index is 1.49. The minimum atomic E-state index is -0.376. The Hall–Kier alpha value is -2.15. The number of guanidine groups is 1. The Bertz CT molecular complexity index is 660. The van der Waals surface area contributed by atoms with Gasteiger partial charge in [-0.3, -0.25) is 9.69 Å². The molecule has 0 radical (unpaired) electrons. The number of carbonyl (C=O) groups is 1. The zero-order valence-electron chi connectivity index (χ0n) is 16.0. The van der Waals surface area contributed by atoms with Crippen molar-refractivity contribution in [3.05, 3.63) is 30.1 Å². The molecule has 6 nitrogen and oxygen atoms in total. The molecule has 1 aliphatic carbocycles. The third kappa shape index (κ3) is 5.92. The topological polar surface area (TPSA) is 68.8 Å². The summed E-state index contributed by atoms with van der Waals surface area (Å²) >= 11 is 0. The van der Waals surface area contributed by atoms with Crippen LogP contribution in [0.2, 0.25) is 0 Å². The van der Waals surface area contributed by atoms with E-state index in [0.29, 0.717) is 17.7 Å². The van der Waals surface area contributed by atoms with Gasteiger partial charge in [-0.15, -0.1) is 0 Å².